The predicted octanol–water partition coefficient (Wildman–Crippen LogP) is 2.14. The van der Waals surface area contributed by atoms with Crippen molar-refractivity contribution in [3.05, 3.63) is 53.1 Å². The first-order valence-electron chi connectivity index (χ1n) is 8.58. The summed E-state index contributed by atoms with van der Waals surface area (Å²) in [4.78, 5) is 0. The summed E-state index contributed by atoms with van der Waals surface area (Å²) in [6, 6.07) is 10.2. The van der Waals surface area contributed by atoms with Crippen LogP contribution in [0.3, 0.4) is 0 Å². The first kappa shape index (κ1) is 18.5. The van der Waals surface area contributed by atoms with Gasteiger partial charge in [0, 0.05) is 18.1 Å². The van der Waals surface area contributed by atoms with Crippen molar-refractivity contribution in [3.8, 4) is 17.2 Å². The average molecular weight is 360 g/mol. The van der Waals surface area contributed by atoms with Crippen molar-refractivity contribution in [2.24, 2.45) is 11.8 Å². The number of aromatic hydroxyl groups is 2. The molecule has 1 aliphatic rings. The Morgan fingerprint density at radius 3 is 2.54 bits per heavy atom. The Morgan fingerprint density at radius 1 is 1.08 bits per heavy atom. The molecule has 6 heteroatoms. The summed E-state index contributed by atoms with van der Waals surface area (Å²) >= 11 is 0. The third-order valence-corrected chi connectivity index (χ3v) is 5.04. The van der Waals surface area contributed by atoms with Gasteiger partial charge in [0.25, 0.3) is 0 Å². The summed E-state index contributed by atoms with van der Waals surface area (Å²) in [5.74, 6) is 0.507. The molecule has 3 atom stereocenters. The molecule has 0 bridgehead atoms. The number of aliphatic hydroxyl groups excluding tert-OH is 2. The fourth-order valence-electron chi connectivity index (χ4n) is 3.59. The van der Waals surface area contributed by atoms with Crippen molar-refractivity contribution in [1.29, 1.82) is 0 Å². The lowest BCUT2D eigenvalue weighted by Crippen LogP contribution is -2.21. The second-order valence-corrected chi connectivity index (χ2v) is 6.62. The van der Waals surface area contributed by atoms with E-state index in [0.717, 1.165) is 11.1 Å². The highest BCUT2D eigenvalue weighted by molar-refractivity contribution is 5.43. The van der Waals surface area contributed by atoms with Crippen LogP contribution in [0.25, 0.3) is 0 Å². The maximum Gasteiger partial charge on any atom is 0.160 e. The summed E-state index contributed by atoms with van der Waals surface area (Å²) in [6.45, 7) is 0.248. The van der Waals surface area contributed by atoms with Crippen LogP contribution in [0.15, 0.2) is 36.4 Å². The zero-order valence-corrected chi connectivity index (χ0v) is 14.6. The molecular formula is C20H24O6. The summed E-state index contributed by atoms with van der Waals surface area (Å²) in [5.41, 5.74) is 2.31. The molecular weight excluding hydrogens is 336 g/mol. The number of rotatable bonds is 6. The highest BCUT2D eigenvalue weighted by Crippen LogP contribution is 2.42. The van der Waals surface area contributed by atoms with Gasteiger partial charge < -0.3 is 29.9 Å². The molecule has 0 spiro atoms. The number of ether oxygens (including phenoxy) is 2. The number of methoxy groups -OCH3 is 1. The van der Waals surface area contributed by atoms with E-state index in [9.17, 15) is 20.4 Å². The molecule has 0 aromatic heterocycles. The van der Waals surface area contributed by atoms with Crippen LogP contribution in [-0.2, 0) is 17.8 Å². The van der Waals surface area contributed by atoms with Gasteiger partial charge >= 0.3 is 0 Å². The first-order chi connectivity index (χ1) is 12.6. The number of phenols is 2. The molecule has 1 saturated heterocycles. The number of hydrogen-bond donors (Lipinski definition) is 4. The first-order valence-corrected chi connectivity index (χ1v) is 8.58. The Bertz CT molecular complexity index is 760. The van der Waals surface area contributed by atoms with E-state index in [-0.39, 0.29) is 42.7 Å². The Labute approximate surface area is 152 Å². The lowest BCUT2D eigenvalue weighted by atomic mass is 9.84. The van der Waals surface area contributed by atoms with Crippen molar-refractivity contribution in [1.82, 2.24) is 0 Å². The van der Waals surface area contributed by atoms with Crippen molar-refractivity contribution >= 4 is 0 Å². The van der Waals surface area contributed by atoms with E-state index in [1.807, 2.05) is 6.07 Å². The van der Waals surface area contributed by atoms with E-state index in [1.165, 1.54) is 7.11 Å². The fourth-order valence-corrected chi connectivity index (χ4v) is 3.59. The van der Waals surface area contributed by atoms with Crippen LogP contribution in [0.4, 0.5) is 0 Å². The minimum absolute atomic E-state index is 0.0243. The molecule has 0 radical (unpaired) electrons. The normalized spacial score (nSPS) is 22.5. The topological polar surface area (TPSA) is 99.4 Å². The monoisotopic (exact) mass is 360 g/mol. The molecule has 26 heavy (non-hydrogen) atoms. The third-order valence-electron chi connectivity index (χ3n) is 5.04. The molecule has 140 valence electrons. The minimum Gasteiger partial charge on any atom is -0.508 e. The Morgan fingerprint density at radius 2 is 1.85 bits per heavy atom. The summed E-state index contributed by atoms with van der Waals surface area (Å²) in [6.07, 6.45) is 0.387. The van der Waals surface area contributed by atoms with E-state index >= 15 is 0 Å². The molecule has 2 aromatic rings. The molecule has 0 aliphatic carbocycles. The van der Waals surface area contributed by atoms with Gasteiger partial charge in [-0.2, -0.15) is 0 Å². The Hall–Kier alpha value is -2.28. The molecule has 1 heterocycles. The maximum atomic E-state index is 9.93. The third kappa shape index (κ3) is 3.62. The minimum atomic E-state index is -0.283. The maximum absolute atomic E-state index is 9.93. The van der Waals surface area contributed by atoms with Gasteiger partial charge in [-0.05, 0) is 47.7 Å². The van der Waals surface area contributed by atoms with Crippen molar-refractivity contribution in [3.63, 3.8) is 0 Å². The van der Waals surface area contributed by atoms with Gasteiger partial charge in [0.05, 0.1) is 26.4 Å². The number of phenolic OH excluding ortho intramolecular Hbond substituents is 1. The summed E-state index contributed by atoms with van der Waals surface area (Å²) in [7, 11) is 1.49. The SMILES string of the molecule is COc1cc([C@H]2OC[C@H](Cc3ccc(O)c(CO)c3)[C@@H]2CO)ccc1O. The fraction of sp³-hybridized carbons (Fsp3) is 0.400. The van der Waals surface area contributed by atoms with Crippen LogP contribution >= 0.6 is 0 Å². The lowest BCUT2D eigenvalue weighted by molar-refractivity contribution is 0.0717. The molecule has 2 aromatic carbocycles. The standard InChI is InChI=1S/C20H24O6/c1-25-19-8-13(3-5-18(19)24)20-16(10-22)15(11-26-20)7-12-2-4-17(23)14(6-12)9-21/h2-6,8,15-16,20-24H,7,9-11H2,1H3/t15-,16-,20+/m0/s1. The molecule has 3 rings (SSSR count). The van der Waals surface area contributed by atoms with Gasteiger partial charge in [-0.3, -0.25) is 0 Å². The number of hydrogen-bond acceptors (Lipinski definition) is 6. The number of benzene rings is 2. The number of aliphatic hydroxyl groups is 2. The highest BCUT2D eigenvalue weighted by atomic mass is 16.5. The summed E-state index contributed by atoms with van der Waals surface area (Å²) < 4.78 is 11.1. The Kier molecular flexibility index (Phi) is 5.66. The second kappa shape index (κ2) is 7.95. The highest BCUT2D eigenvalue weighted by Gasteiger charge is 2.38. The van der Waals surface area contributed by atoms with Gasteiger partial charge in [-0.25, -0.2) is 0 Å². The van der Waals surface area contributed by atoms with E-state index in [1.54, 1.807) is 30.3 Å². The molecule has 4 N–H and O–H groups in total. The van der Waals surface area contributed by atoms with Crippen LogP contribution in [-0.4, -0.2) is 40.7 Å². The average Bonchev–Trinajstić information content (AvgIpc) is 3.06. The van der Waals surface area contributed by atoms with Crippen LogP contribution < -0.4 is 4.74 Å². The second-order valence-electron chi connectivity index (χ2n) is 6.62. The van der Waals surface area contributed by atoms with Crippen LogP contribution in [0.2, 0.25) is 0 Å². The Balaban J connectivity index is 1.79. The van der Waals surface area contributed by atoms with E-state index in [4.69, 9.17) is 9.47 Å². The van der Waals surface area contributed by atoms with Gasteiger partial charge in [-0.15, -0.1) is 0 Å². The van der Waals surface area contributed by atoms with Crippen LogP contribution in [0, 0.1) is 11.8 Å². The summed E-state index contributed by atoms with van der Waals surface area (Å²) in [5, 5.41) is 38.7. The molecule has 0 unspecified atom stereocenters. The van der Waals surface area contributed by atoms with Crippen molar-refractivity contribution in [2.45, 2.75) is 19.1 Å². The van der Waals surface area contributed by atoms with E-state index in [0.29, 0.717) is 24.3 Å². The zero-order valence-electron chi connectivity index (χ0n) is 14.6. The van der Waals surface area contributed by atoms with Crippen molar-refractivity contribution in [2.75, 3.05) is 20.3 Å². The van der Waals surface area contributed by atoms with E-state index < -0.39 is 0 Å². The van der Waals surface area contributed by atoms with Gasteiger partial charge in [0.15, 0.2) is 11.5 Å². The smallest absolute Gasteiger partial charge is 0.160 e. The molecule has 6 nitrogen and oxygen atoms in total. The molecule has 1 aliphatic heterocycles. The quantitative estimate of drug-likeness (QED) is 0.630. The zero-order chi connectivity index (χ0) is 18.7. The van der Waals surface area contributed by atoms with Crippen molar-refractivity contribution < 1.29 is 29.9 Å². The lowest BCUT2D eigenvalue weighted by Gasteiger charge is -2.22. The molecule has 1 fully saturated rings. The van der Waals surface area contributed by atoms with Crippen LogP contribution in [0.1, 0.15) is 22.8 Å². The molecule has 0 amide bonds. The van der Waals surface area contributed by atoms with Gasteiger partial charge in [0.2, 0.25) is 0 Å². The van der Waals surface area contributed by atoms with E-state index in [2.05, 4.69) is 0 Å². The van der Waals surface area contributed by atoms with Gasteiger partial charge in [0.1, 0.15) is 5.75 Å². The van der Waals surface area contributed by atoms with Crippen LogP contribution in [0.5, 0.6) is 17.2 Å². The van der Waals surface area contributed by atoms with Gasteiger partial charge in [-0.1, -0.05) is 12.1 Å². The largest absolute Gasteiger partial charge is 0.508 e. The molecule has 0 saturated carbocycles. The predicted molar refractivity (Wildman–Crippen MR) is 95.2 cm³/mol.